The zero-order valence-corrected chi connectivity index (χ0v) is 11.5. The molecule has 0 spiro atoms. The first-order chi connectivity index (χ1) is 9.83. The van der Waals surface area contributed by atoms with Crippen molar-refractivity contribution < 1.29 is 0 Å². The molecule has 20 heavy (non-hydrogen) atoms. The van der Waals surface area contributed by atoms with E-state index in [2.05, 4.69) is 53.0 Å². The lowest BCUT2D eigenvalue weighted by atomic mass is 10.1. The minimum absolute atomic E-state index is 0.833. The van der Waals surface area contributed by atoms with Gasteiger partial charge in [-0.3, -0.25) is 0 Å². The number of hydrogen-bond acceptors (Lipinski definition) is 1. The summed E-state index contributed by atoms with van der Waals surface area (Å²) in [4.78, 5) is 7.67. The first-order valence-electron chi connectivity index (χ1n) is 6.80. The number of fused-ring (bicyclic) bond motifs is 1. The van der Waals surface area contributed by atoms with E-state index in [0.29, 0.717) is 0 Å². The normalized spacial score (nSPS) is 10.2. The summed E-state index contributed by atoms with van der Waals surface area (Å²) < 4.78 is 0. The molecule has 0 aliphatic rings. The van der Waals surface area contributed by atoms with Gasteiger partial charge in [-0.1, -0.05) is 30.2 Å². The van der Waals surface area contributed by atoms with Crippen molar-refractivity contribution in [1.82, 2.24) is 9.97 Å². The SMILES string of the molecule is Cc1cccc2cc(CCC#Cc3ccccn3)[nH]c12. The Morgan fingerprint density at radius 2 is 2.10 bits per heavy atom. The molecule has 2 nitrogen and oxygen atoms in total. The molecule has 98 valence electrons. The summed E-state index contributed by atoms with van der Waals surface area (Å²) in [6.45, 7) is 2.13. The van der Waals surface area contributed by atoms with Crippen molar-refractivity contribution in [2.45, 2.75) is 19.8 Å². The van der Waals surface area contributed by atoms with E-state index in [1.54, 1.807) is 6.20 Å². The molecule has 3 aromatic rings. The van der Waals surface area contributed by atoms with Gasteiger partial charge in [-0.15, -0.1) is 0 Å². The lowest BCUT2D eigenvalue weighted by Gasteiger charge is -1.94. The quantitative estimate of drug-likeness (QED) is 0.696. The zero-order valence-electron chi connectivity index (χ0n) is 11.5. The number of para-hydroxylation sites is 1. The molecule has 1 N–H and O–H groups in total. The first-order valence-corrected chi connectivity index (χ1v) is 6.80. The maximum Gasteiger partial charge on any atom is 0.113 e. The van der Waals surface area contributed by atoms with Crippen LogP contribution in [0.2, 0.25) is 0 Å². The highest BCUT2D eigenvalue weighted by Gasteiger charge is 2.01. The van der Waals surface area contributed by atoms with E-state index in [9.17, 15) is 0 Å². The molecule has 0 atom stereocenters. The van der Waals surface area contributed by atoms with Crippen LogP contribution < -0.4 is 0 Å². The maximum atomic E-state index is 4.19. The number of pyridine rings is 1. The highest BCUT2D eigenvalue weighted by Crippen LogP contribution is 2.19. The van der Waals surface area contributed by atoms with Crippen molar-refractivity contribution in [2.75, 3.05) is 0 Å². The number of H-pyrrole nitrogens is 1. The second kappa shape index (κ2) is 5.63. The fourth-order valence-corrected chi connectivity index (χ4v) is 2.29. The van der Waals surface area contributed by atoms with Crippen molar-refractivity contribution in [3.05, 3.63) is 65.6 Å². The van der Waals surface area contributed by atoms with Gasteiger partial charge in [0.1, 0.15) is 5.69 Å². The summed E-state index contributed by atoms with van der Waals surface area (Å²) in [5.41, 5.74) is 4.60. The van der Waals surface area contributed by atoms with Gasteiger partial charge < -0.3 is 4.98 Å². The topological polar surface area (TPSA) is 28.7 Å². The number of aromatic amines is 1. The van der Waals surface area contributed by atoms with E-state index in [0.717, 1.165) is 18.5 Å². The van der Waals surface area contributed by atoms with Gasteiger partial charge in [0.05, 0.1) is 0 Å². The molecule has 0 bridgehead atoms. The van der Waals surface area contributed by atoms with Crippen LogP contribution >= 0.6 is 0 Å². The summed E-state index contributed by atoms with van der Waals surface area (Å²) in [6.07, 6.45) is 3.54. The van der Waals surface area contributed by atoms with Crippen molar-refractivity contribution >= 4 is 10.9 Å². The van der Waals surface area contributed by atoms with E-state index >= 15 is 0 Å². The van der Waals surface area contributed by atoms with E-state index in [1.807, 2.05) is 18.2 Å². The molecule has 0 aliphatic carbocycles. The Labute approximate surface area is 118 Å². The molecule has 2 heterocycles. The standard InChI is InChI=1S/C18H16N2/c1-14-7-6-8-15-13-17(20-18(14)15)11-3-2-9-16-10-4-5-12-19-16/h4-8,10,12-13,20H,3,11H2,1H3. The molecule has 0 fully saturated rings. The van der Waals surface area contributed by atoms with Crippen LogP contribution in [0.1, 0.15) is 23.4 Å². The van der Waals surface area contributed by atoms with Crippen LogP contribution in [0.5, 0.6) is 0 Å². The third-order valence-electron chi connectivity index (χ3n) is 3.32. The van der Waals surface area contributed by atoms with Crippen molar-refractivity contribution in [1.29, 1.82) is 0 Å². The van der Waals surface area contributed by atoms with Gasteiger partial charge in [0.25, 0.3) is 0 Å². The third-order valence-corrected chi connectivity index (χ3v) is 3.32. The lowest BCUT2D eigenvalue weighted by molar-refractivity contribution is 0.985. The zero-order chi connectivity index (χ0) is 13.8. The minimum Gasteiger partial charge on any atom is -0.358 e. The molecular weight excluding hydrogens is 244 g/mol. The fourth-order valence-electron chi connectivity index (χ4n) is 2.29. The van der Waals surface area contributed by atoms with Crippen molar-refractivity contribution in [3.8, 4) is 11.8 Å². The van der Waals surface area contributed by atoms with E-state index in [4.69, 9.17) is 0 Å². The van der Waals surface area contributed by atoms with Crippen LogP contribution in [0.3, 0.4) is 0 Å². The Morgan fingerprint density at radius 1 is 1.15 bits per heavy atom. The molecular formula is C18H16N2. The fraction of sp³-hybridized carbons (Fsp3) is 0.167. The van der Waals surface area contributed by atoms with Gasteiger partial charge >= 0.3 is 0 Å². The van der Waals surface area contributed by atoms with Crippen LogP contribution in [-0.4, -0.2) is 9.97 Å². The third kappa shape index (κ3) is 2.73. The van der Waals surface area contributed by atoms with Gasteiger partial charge in [-0.25, -0.2) is 4.98 Å². The van der Waals surface area contributed by atoms with Crippen LogP contribution in [-0.2, 0) is 6.42 Å². The summed E-state index contributed by atoms with van der Waals surface area (Å²) >= 11 is 0. The number of hydrogen-bond donors (Lipinski definition) is 1. The second-order valence-corrected chi connectivity index (χ2v) is 4.85. The average molecular weight is 260 g/mol. The monoisotopic (exact) mass is 260 g/mol. The number of benzene rings is 1. The molecule has 1 aromatic carbocycles. The number of aryl methyl sites for hydroxylation is 2. The number of nitrogens with zero attached hydrogens (tertiary/aromatic N) is 1. The molecule has 0 saturated heterocycles. The number of aromatic nitrogens is 2. The Balaban J connectivity index is 1.69. The Kier molecular flexibility index (Phi) is 3.52. The highest BCUT2D eigenvalue weighted by molar-refractivity contribution is 5.83. The number of rotatable bonds is 2. The van der Waals surface area contributed by atoms with Crippen molar-refractivity contribution in [3.63, 3.8) is 0 Å². The lowest BCUT2D eigenvalue weighted by Crippen LogP contribution is -1.84. The molecule has 0 saturated carbocycles. The Hall–Kier alpha value is -2.53. The van der Waals surface area contributed by atoms with E-state index in [-0.39, 0.29) is 0 Å². The largest absolute Gasteiger partial charge is 0.358 e. The van der Waals surface area contributed by atoms with Gasteiger partial charge in [-0.05, 0) is 48.4 Å². The summed E-state index contributed by atoms with van der Waals surface area (Å²) in [5, 5.41) is 1.28. The molecule has 0 aliphatic heterocycles. The Morgan fingerprint density at radius 3 is 2.90 bits per heavy atom. The Bertz CT molecular complexity index is 773. The maximum absolute atomic E-state index is 4.19. The van der Waals surface area contributed by atoms with Gasteiger partial charge in [0.15, 0.2) is 0 Å². The average Bonchev–Trinajstić information content (AvgIpc) is 2.89. The van der Waals surface area contributed by atoms with Crippen LogP contribution in [0.25, 0.3) is 10.9 Å². The van der Waals surface area contributed by atoms with Crippen LogP contribution in [0, 0.1) is 18.8 Å². The predicted octanol–water partition coefficient (Wildman–Crippen LogP) is 3.86. The van der Waals surface area contributed by atoms with Gasteiger partial charge in [-0.2, -0.15) is 0 Å². The van der Waals surface area contributed by atoms with E-state index < -0.39 is 0 Å². The first kappa shape index (κ1) is 12.5. The molecule has 0 unspecified atom stereocenters. The summed E-state index contributed by atoms with van der Waals surface area (Å²) in [7, 11) is 0. The molecule has 2 aromatic heterocycles. The van der Waals surface area contributed by atoms with Gasteiger partial charge in [0, 0.05) is 23.8 Å². The van der Waals surface area contributed by atoms with Gasteiger partial charge in [0.2, 0.25) is 0 Å². The number of nitrogens with one attached hydrogen (secondary N) is 1. The molecule has 0 radical (unpaired) electrons. The van der Waals surface area contributed by atoms with E-state index in [1.165, 1.54) is 22.2 Å². The molecule has 3 rings (SSSR count). The molecule has 0 amide bonds. The van der Waals surface area contributed by atoms with Crippen LogP contribution in [0.4, 0.5) is 0 Å². The summed E-state index contributed by atoms with van der Waals surface area (Å²) in [6, 6.07) is 14.4. The van der Waals surface area contributed by atoms with Crippen LogP contribution in [0.15, 0.2) is 48.7 Å². The minimum atomic E-state index is 0.833. The van der Waals surface area contributed by atoms with Crippen molar-refractivity contribution in [2.24, 2.45) is 0 Å². The smallest absolute Gasteiger partial charge is 0.113 e. The second-order valence-electron chi connectivity index (χ2n) is 4.85. The predicted molar refractivity (Wildman–Crippen MR) is 82.5 cm³/mol. The summed E-state index contributed by atoms with van der Waals surface area (Å²) in [5.74, 6) is 6.26. The molecule has 2 heteroatoms. The highest BCUT2D eigenvalue weighted by atomic mass is 14.7.